The van der Waals surface area contributed by atoms with Crippen molar-refractivity contribution in [1.82, 2.24) is 10.2 Å². The second-order valence-corrected chi connectivity index (χ2v) is 4.45. The van der Waals surface area contributed by atoms with Crippen LogP contribution >= 0.6 is 11.6 Å². The van der Waals surface area contributed by atoms with E-state index in [0.717, 1.165) is 17.7 Å². The van der Waals surface area contributed by atoms with Crippen LogP contribution in [-0.4, -0.2) is 16.1 Å². The zero-order chi connectivity index (χ0) is 13.7. The van der Waals surface area contributed by atoms with Crippen LogP contribution in [-0.2, 0) is 11.2 Å². The summed E-state index contributed by atoms with van der Waals surface area (Å²) in [6, 6.07) is 9.09. The van der Waals surface area contributed by atoms with Gasteiger partial charge in [-0.1, -0.05) is 30.7 Å². The molecule has 1 amide bonds. The Labute approximate surface area is 116 Å². The number of carbonyl (C=O) groups is 1. The van der Waals surface area contributed by atoms with Gasteiger partial charge >= 0.3 is 0 Å². The second-order valence-electron chi connectivity index (χ2n) is 4.01. The largest absolute Gasteiger partial charge is 0.306 e. The van der Waals surface area contributed by atoms with Gasteiger partial charge in [-0.15, -0.1) is 0 Å². The first-order valence-corrected chi connectivity index (χ1v) is 6.34. The van der Waals surface area contributed by atoms with Crippen molar-refractivity contribution in [3.05, 3.63) is 52.7 Å². The molecule has 0 fully saturated rings. The highest BCUT2D eigenvalue weighted by molar-refractivity contribution is 6.30. The number of aryl methyl sites for hydroxylation is 1. The normalized spacial score (nSPS) is 10.8. The van der Waals surface area contributed by atoms with Crippen molar-refractivity contribution in [1.29, 1.82) is 0 Å². The molecule has 0 bridgehead atoms. The maximum atomic E-state index is 11.7. The highest BCUT2D eigenvalue weighted by atomic mass is 35.5. The van der Waals surface area contributed by atoms with Crippen LogP contribution in [0.25, 0.3) is 6.08 Å². The lowest BCUT2D eigenvalue weighted by molar-refractivity contribution is -0.111. The summed E-state index contributed by atoms with van der Waals surface area (Å²) in [6.45, 7) is 2.01. The fraction of sp³-hybridized carbons (Fsp3) is 0.143. The van der Waals surface area contributed by atoms with Crippen LogP contribution in [0, 0.1) is 0 Å². The number of halogens is 1. The molecule has 19 heavy (non-hydrogen) atoms. The third-order valence-electron chi connectivity index (χ3n) is 2.54. The van der Waals surface area contributed by atoms with Gasteiger partial charge in [0.05, 0.1) is 0 Å². The number of anilines is 1. The van der Waals surface area contributed by atoms with Gasteiger partial charge < -0.3 is 5.32 Å². The lowest BCUT2D eigenvalue weighted by Gasteiger charge is -1.96. The minimum atomic E-state index is -0.228. The van der Waals surface area contributed by atoms with E-state index in [4.69, 9.17) is 11.6 Å². The minimum Gasteiger partial charge on any atom is -0.306 e. The highest BCUT2D eigenvalue weighted by Crippen LogP contribution is 2.12. The maximum absolute atomic E-state index is 11.7. The summed E-state index contributed by atoms with van der Waals surface area (Å²) in [5.74, 6) is 0.298. The number of carbonyl (C=O) groups excluding carboxylic acids is 1. The van der Waals surface area contributed by atoms with Crippen LogP contribution in [0.4, 0.5) is 5.82 Å². The zero-order valence-corrected chi connectivity index (χ0v) is 11.2. The average molecular weight is 276 g/mol. The molecule has 2 rings (SSSR count). The quantitative estimate of drug-likeness (QED) is 0.842. The van der Waals surface area contributed by atoms with Gasteiger partial charge in [-0.25, -0.2) is 0 Å². The first-order valence-electron chi connectivity index (χ1n) is 5.96. The van der Waals surface area contributed by atoms with Gasteiger partial charge in [0, 0.05) is 22.9 Å². The second kappa shape index (κ2) is 6.20. The Morgan fingerprint density at radius 1 is 1.47 bits per heavy atom. The lowest BCUT2D eigenvalue weighted by atomic mass is 10.2. The zero-order valence-electron chi connectivity index (χ0n) is 10.5. The Morgan fingerprint density at radius 2 is 2.32 bits per heavy atom. The summed E-state index contributed by atoms with van der Waals surface area (Å²) < 4.78 is 0. The van der Waals surface area contributed by atoms with E-state index >= 15 is 0 Å². The number of H-pyrrole nitrogens is 1. The molecular weight excluding hydrogens is 262 g/mol. The first kappa shape index (κ1) is 13.4. The van der Waals surface area contributed by atoms with Gasteiger partial charge in [-0.2, -0.15) is 5.10 Å². The number of rotatable bonds is 4. The summed E-state index contributed by atoms with van der Waals surface area (Å²) in [7, 11) is 0. The molecule has 4 nitrogen and oxygen atoms in total. The van der Waals surface area contributed by atoms with Crippen molar-refractivity contribution >= 4 is 29.4 Å². The lowest BCUT2D eigenvalue weighted by Crippen LogP contribution is -2.07. The van der Waals surface area contributed by atoms with Gasteiger partial charge in [0.25, 0.3) is 0 Å². The molecule has 0 aliphatic carbocycles. The molecule has 1 heterocycles. The number of amides is 1. The topological polar surface area (TPSA) is 57.8 Å². The van der Waals surface area contributed by atoms with E-state index < -0.39 is 0 Å². The Balaban J connectivity index is 1.97. The molecule has 2 N–H and O–H groups in total. The van der Waals surface area contributed by atoms with Gasteiger partial charge in [0.15, 0.2) is 5.82 Å². The Morgan fingerprint density at radius 3 is 3.00 bits per heavy atom. The molecule has 0 atom stereocenters. The monoisotopic (exact) mass is 275 g/mol. The smallest absolute Gasteiger partial charge is 0.249 e. The molecule has 0 aliphatic rings. The molecule has 1 aromatic heterocycles. The fourth-order valence-electron chi connectivity index (χ4n) is 1.56. The van der Waals surface area contributed by atoms with E-state index in [0.29, 0.717) is 10.8 Å². The van der Waals surface area contributed by atoms with E-state index in [-0.39, 0.29) is 5.91 Å². The van der Waals surface area contributed by atoms with Gasteiger partial charge in [0.1, 0.15) is 0 Å². The number of benzene rings is 1. The molecule has 5 heteroatoms. The summed E-state index contributed by atoms with van der Waals surface area (Å²) in [5, 5.41) is 10.1. The minimum absolute atomic E-state index is 0.228. The van der Waals surface area contributed by atoms with Crippen LogP contribution < -0.4 is 5.32 Å². The van der Waals surface area contributed by atoms with Crippen LogP contribution in [0.3, 0.4) is 0 Å². The molecule has 1 aromatic carbocycles. The van der Waals surface area contributed by atoms with Crippen molar-refractivity contribution in [2.45, 2.75) is 13.3 Å². The van der Waals surface area contributed by atoms with Crippen LogP contribution in [0.5, 0.6) is 0 Å². The molecule has 0 saturated carbocycles. The van der Waals surface area contributed by atoms with Gasteiger partial charge in [-0.3, -0.25) is 9.89 Å². The Bertz CT molecular complexity index is 604. The molecule has 2 aromatic rings. The number of hydrogen-bond acceptors (Lipinski definition) is 2. The van der Waals surface area contributed by atoms with E-state index in [2.05, 4.69) is 15.5 Å². The van der Waals surface area contributed by atoms with Crippen molar-refractivity contribution in [2.24, 2.45) is 0 Å². The fourth-order valence-corrected chi connectivity index (χ4v) is 1.76. The molecule has 98 valence electrons. The maximum Gasteiger partial charge on any atom is 0.249 e. The highest BCUT2D eigenvalue weighted by Gasteiger charge is 2.02. The molecule has 0 saturated heterocycles. The molecular formula is C14H14ClN3O. The molecule has 0 radical (unpaired) electrons. The number of nitrogens with zero attached hydrogens (tertiary/aromatic N) is 1. The van der Waals surface area contributed by atoms with E-state index in [1.54, 1.807) is 18.2 Å². The third kappa shape index (κ3) is 3.96. The number of nitrogens with one attached hydrogen (secondary N) is 2. The number of aromatic amines is 1. The molecule has 0 unspecified atom stereocenters. The first-order chi connectivity index (χ1) is 9.17. The summed E-state index contributed by atoms with van der Waals surface area (Å²) >= 11 is 5.86. The summed E-state index contributed by atoms with van der Waals surface area (Å²) in [5.41, 5.74) is 1.85. The van der Waals surface area contributed by atoms with Crippen molar-refractivity contribution < 1.29 is 4.79 Å². The molecule has 0 aliphatic heterocycles. The number of hydrogen-bond donors (Lipinski definition) is 2. The summed E-state index contributed by atoms with van der Waals surface area (Å²) in [6.07, 6.45) is 4.00. The summed E-state index contributed by atoms with van der Waals surface area (Å²) in [4.78, 5) is 11.7. The van der Waals surface area contributed by atoms with Crippen molar-refractivity contribution in [3.63, 3.8) is 0 Å². The van der Waals surface area contributed by atoms with Crippen LogP contribution in [0.1, 0.15) is 18.2 Å². The van der Waals surface area contributed by atoms with Crippen molar-refractivity contribution in [3.8, 4) is 0 Å². The predicted molar refractivity (Wildman–Crippen MR) is 77.1 cm³/mol. The standard InChI is InChI=1S/C14H14ClN3O/c1-2-12-9-13(18-17-12)16-14(19)7-6-10-4-3-5-11(15)8-10/h3-9H,2H2,1H3,(H2,16,17,18,19)/b7-6+. The van der Waals surface area contributed by atoms with Crippen LogP contribution in [0.15, 0.2) is 36.4 Å². The Kier molecular flexibility index (Phi) is 4.36. The third-order valence-corrected chi connectivity index (χ3v) is 2.77. The van der Waals surface area contributed by atoms with Crippen molar-refractivity contribution in [2.75, 3.05) is 5.32 Å². The van der Waals surface area contributed by atoms with Crippen LogP contribution in [0.2, 0.25) is 5.02 Å². The van der Waals surface area contributed by atoms with E-state index in [1.165, 1.54) is 6.08 Å². The predicted octanol–water partition coefficient (Wildman–Crippen LogP) is 3.28. The molecule has 0 spiro atoms. The van der Waals surface area contributed by atoms with Gasteiger partial charge in [-0.05, 0) is 30.2 Å². The van der Waals surface area contributed by atoms with E-state index in [9.17, 15) is 4.79 Å². The average Bonchev–Trinajstić information content (AvgIpc) is 2.84. The Hall–Kier alpha value is -2.07. The van der Waals surface area contributed by atoms with Gasteiger partial charge in [0.2, 0.25) is 5.91 Å². The number of aromatic nitrogens is 2. The van der Waals surface area contributed by atoms with E-state index in [1.807, 2.05) is 25.1 Å². The SMILES string of the molecule is CCc1cc(NC(=O)/C=C/c2cccc(Cl)c2)n[nH]1.